The molecule has 1 aliphatic carbocycles. The summed E-state index contributed by atoms with van der Waals surface area (Å²) in [6.45, 7) is 2.72. The second-order valence-corrected chi connectivity index (χ2v) is 6.43. The molecule has 0 unspecified atom stereocenters. The fraction of sp³-hybridized carbons (Fsp3) is 0.737. The highest BCUT2D eigenvalue weighted by Crippen LogP contribution is 2.32. The number of ether oxygens (including phenoxy) is 3. The van der Waals surface area contributed by atoms with Gasteiger partial charge in [0.25, 0.3) is 5.79 Å². The van der Waals surface area contributed by atoms with Gasteiger partial charge in [0.15, 0.2) is 0 Å². The van der Waals surface area contributed by atoms with E-state index in [4.69, 9.17) is 14.2 Å². The van der Waals surface area contributed by atoms with Crippen LogP contribution in [0.25, 0.3) is 0 Å². The zero-order chi connectivity index (χ0) is 16.5. The maximum atomic E-state index is 12.1. The minimum atomic E-state index is -1.25. The van der Waals surface area contributed by atoms with Gasteiger partial charge in [0.1, 0.15) is 5.76 Å². The lowest BCUT2D eigenvalue weighted by atomic mass is 10.0. The van der Waals surface area contributed by atoms with Crippen molar-refractivity contribution in [2.24, 2.45) is 0 Å². The average Bonchev–Trinajstić information content (AvgIpc) is 2.97. The Morgan fingerprint density at radius 1 is 1.13 bits per heavy atom. The summed E-state index contributed by atoms with van der Waals surface area (Å²) in [6, 6.07) is 0. The molecule has 1 spiro atoms. The van der Waals surface area contributed by atoms with Gasteiger partial charge in [-0.25, -0.2) is 0 Å². The van der Waals surface area contributed by atoms with E-state index in [1.54, 1.807) is 19.3 Å². The van der Waals surface area contributed by atoms with E-state index < -0.39 is 5.79 Å². The number of hydrogen-bond donors (Lipinski definition) is 0. The molecule has 130 valence electrons. The topological polar surface area (TPSA) is 44.8 Å². The zero-order valence-corrected chi connectivity index (χ0v) is 14.5. The number of ketones is 1. The fourth-order valence-corrected chi connectivity index (χ4v) is 3.09. The number of unbranched alkanes of at least 4 members (excludes halogenated alkanes) is 7. The molecule has 2 aliphatic rings. The van der Waals surface area contributed by atoms with Crippen molar-refractivity contribution in [1.82, 2.24) is 0 Å². The van der Waals surface area contributed by atoms with Crippen LogP contribution >= 0.6 is 0 Å². The van der Waals surface area contributed by atoms with E-state index in [1.165, 1.54) is 51.0 Å². The predicted octanol–water partition coefficient (Wildman–Crippen LogP) is 4.30. The molecule has 1 saturated heterocycles. The first kappa shape index (κ1) is 18.2. The van der Waals surface area contributed by atoms with Crippen molar-refractivity contribution >= 4 is 5.78 Å². The Bertz CT molecular complexity index is 441. The molecule has 2 atom stereocenters. The van der Waals surface area contributed by atoms with Crippen LogP contribution < -0.4 is 0 Å². The number of hydrogen-bond acceptors (Lipinski definition) is 4. The highest BCUT2D eigenvalue weighted by molar-refractivity contribution is 5.99. The monoisotopic (exact) mass is 322 g/mol. The third-order valence-electron chi connectivity index (χ3n) is 4.52. The van der Waals surface area contributed by atoms with E-state index in [9.17, 15) is 4.79 Å². The first-order chi connectivity index (χ1) is 11.2. The van der Waals surface area contributed by atoms with Crippen LogP contribution in [0.5, 0.6) is 0 Å². The maximum Gasteiger partial charge on any atom is 0.257 e. The fourth-order valence-electron chi connectivity index (χ4n) is 3.09. The van der Waals surface area contributed by atoms with E-state index in [-0.39, 0.29) is 11.9 Å². The summed E-state index contributed by atoms with van der Waals surface area (Å²) in [4.78, 5) is 12.1. The van der Waals surface area contributed by atoms with Crippen LogP contribution in [0.2, 0.25) is 0 Å². The third kappa shape index (κ3) is 5.18. The molecule has 2 rings (SSSR count). The number of methoxy groups -OCH3 is 1. The Morgan fingerprint density at radius 2 is 1.83 bits per heavy atom. The minimum Gasteiger partial charge on any atom is -0.497 e. The lowest BCUT2D eigenvalue weighted by Gasteiger charge is -2.24. The molecular formula is C19H30O4. The highest BCUT2D eigenvalue weighted by Gasteiger charge is 2.46. The normalized spacial score (nSPS) is 26.8. The Balaban J connectivity index is 1.65. The Hall–Kier alpha value is -1.13. The van der Waals surface area contributed by atoms with Gasteiger partial charge in [-0.2, -0.15) is 0 Å². The lowest BCUT2D eigenvalue weighted by molar-refractivity contribution is -0.164. The molecule has 4 heteroatoms. The highest BCUT2D eigenvalue weighted by atomic mass is 16.7. The smallest absolute Gasteiger partial charge is 0.257 e. The van der Waals surface area contributed by atoms with Gasteiger partial charge in [0.2, 0.25) is 5.78 Å². The Kier molecular flexibility index (Phi) is 7.31. The second-order valence-electron chi connectivity index (χ2n) is 6.43. The standard InChI is InChI=1S/C19H30O4/c1-3-4-5-6-7-8-9-10-11-17-15-22-19(23-17)14-16(21-2)12-13-18(19)20/h12-14,17H,3-11,15H2,1-2H3/t17-,19-/m1/s1. The largest absolute Gasteiger partial charge is 0.497 e. The molecule has 0 radical (unpaired) electrons. The first-order valence-electron chi connectivity index (χ1n) is 9.01. The molecule has 0 bridgehead atoms. The quantitative estimate of drug-likeness (QED) is 0.563. The van der Waals surface area contributed by atoms with Crippen molar-refractivity contribution < 1.29 is 19.0 Å². The molecule has 0 aromatic carbocycles. The van der Waals surface area contributed by atoms with E-state index >= 15 is 0 Å². The number of carbonyl (C=O) groups excluding carboxylic acids is 1. The van der Waals surface area contributed by atoms with Gasteiger partial charge in [-0.3, -0.25) is 4.79 Å². The van der Waals surface area contributed by atoms with Crippen molar-refractivity contribution in [3.63, 3.8) is 0 Å². The van der Waals surface area contributed by atoms with Crippen LogP contribution in [0.1, 0.15) is 64.7 Å². The SMILES string of the molecule is CCCCCCCCCC[C@@H]1CO[C@]2(C=C(OC)C=CC2=O)O1. The number of rotatable bonds is 10. The van der Waals surface area contributed by atoms with Gasteiger partial charge in [-0.1, -0.05) is 58.3 Å². The summed E-state index contributed by atoms with van der Waals surface area (Å²) in [5.74, 6) is -0.792. The number of allylic oxidation sites excluding steroid dienone is 1. The molecule has 23 heavy (non-hydrogen) atoms. The summed E-state index contributed by atoms with van der Waals surface area (Å²) >= 11 is 0. The van der Waals surface area contributed by atoms with Crippen molar-refractivity contribution in [3.05, 3.63) is 24.0 Å². The van der Waals surface area contributed by atoms with Gasteiger partial charge in [-0.05, 0) is 18.6 Å². The van der Waals surface area contributed by atoms with Crippen LogP contribution in [0.4, 0.5) is 0 Å². The Labute approximate surface area is 139 Å². The van der Waals surface area contributed by atoms with Crippen molar-refractivity contribution in [3.8, 4) is 0 Å². The molecule has 0 saturated carbocycles. The van der Waals surface area contributed by atoms with Gasteiger partial charge in [0, 0.05) is 6.08 Å². The molecule has 1 heterocycles. The molecule has 0 aromatic rings. The molecule has 0 N–H and O–H groups in total. The van der Waals surface area contributed by atoms with Crippen LogP contribution in [-0.2, 0) is 19.0 Å². The molecule has 1 fully saturated rings. The first-order valence-corrected chi connectivity index (χ1v) is 9.01. The van der Waals surface area contributed by atoms with Crippen LogP contribution in [0, 0.1) is 0 Å². The maximum absolute atomic E-state index is 12.1. The van der Waals surface area contributed by atoms with E-state index in [0.717, 1.165) is 12.8 Å². The van der Waals surface area contributed by atoms with Crippen LogP contribution in [0.15, 0.2) is 24.0 Å². The summed E-state index contributed by atoms with van der Waals surface area (Å²) in [7, 11) is 1.58. The van der Waals surface area contributed by atoms with Gasteiger partial charge in [-0.15, -0.1) is 0 Å². The van der Waals surface area contributed by atoms with Gasteiger partial charge >= 0.3 is 0 Å². The van der Waals surface area contributed by atoms with Crippen molar-refractivity contribution in [2.75, 3.05) is 13.7 Å². The molecular weight excluding hydrogens is 292 g/mol. The summed E-state index contributed by atoms with van der Waals surface area (Å²) in [5, 5.41) is 0. The third-order valence-corrected chi connectivity index (χ3v) is 4.52. The van der Waals surface area contributed by atoms with Gasteiger partial charge < -0.3 is 14.2 Å². The molecule has 0 amide bonds. The predicted molar refractivity (Wildman–Crippen MR) is 90.0 cm³/mol. The molecule has 4 nitrogen and oxygen atoms in total. The summed E-state index contributed by atoms with van der Waals surface area (Å²) in [5.41, 5.74) is 0. The van der Waals surface area contributed by atoms with E-state index in [0.29, 0.717) is 12.4 Å². The van der Waals surface area contributed by atoms with E-state index in [2.05, 4.69) is 6.92 Å². The van der Waals surface area contributed by atoms with Crippen LogP contribution in [0.3, 0.4) is 0 Å². The average molecular weight is 322 g/mol. The zero-order valence-electron chi connectivity index (χ0n) is 14.5. The summed E-state index contributed by atoms with van der Waals surface area (Å²) in [6.07, 6.45) is 16.1. The lowest BCUT2D eigenvalue weighted by Crippen LogP contribution is -2.39. The second kappa shape index (κ2) is 9.24. The van der Waals surface area contributed by atoms with Gasteiger partial charge in [0.05, 0.1) is 19.8 Å². The molecule has 0 aromatic heterocycles. The van der Waals surface area contributed by atoms with Crippen molar-refractivity contribution in [1.29, 1.82) is 0 Å². The van der Waals surface area contributed by atoms with E-state index in [1.807, 2.05) is 0 Å². The Morgan fingerprint density at radius 3 is 2.52 bits per heavy atom. The number of carbonyl (C=O) groups is 1. The van der Waals surface area contributed by atoms with Crippen LogP contribution in [-0.4, -0.2) is 31.4 Å². The summed E-state index contributed by atoms with van der Waals surface area (Å²) < 4.78 is 16.8. The van der Waals surface area contributed by atoms with Crippen molar-refractivity contribution in [2.45, 2.75) is 76.6 Å². The molecule has 1 aliphatic heterocycles. The minimum absolute atomic E-state index is 0.0000949.